The lowest BCUT2D eigenvalue weighted by molar-refractivity contribution is 0.152. The van der Waals surface area contributed by atoms with Gasteiger partial charge in [0.1, 0.15) is 0 Å². The molecular formula is C7H9BF2N2O2. The molecule has 0 spiro atoms. The minimum Gasteiger partial charge on any atom is -0.423 e. The third-order valence-corrected chi connectivity index (χ3v) is 1.79. The average Bonchev–Trinajstić information content (AvgIpc) is 2.16. The Labute approximate surface area is 79.5 Å². The van der Waals surface area contributed by atoms with Crippen molar-refractivity contribution in [2.45, 2.75) is 6.43 Å². The van der Waals surface area contributed by atoms with Crippen molar-refractivity contribution in [3.8, 4) is 0 Å². The lowest BCUT2D eigenvalue weighted by Crippen LogP contribution is -2.36. The maximum Gasteiger partial charge on any atom is 0.491 e. The van der Waals surface area contributed by atoms with Crippen LogP contribution in [0.5, 0.6) is 0 Å². The van der Waals surface area contributed by atoms with Crippen molar-refractivity contribution in [1.82, 2.24) is 0 Å². The fourth-order valence-corrected chi connectivity index (χ4v) is 1.19. The van der Waals surface area contributed by atoms with Crippen molar-refractivity contribution in [2.75, 3.05) is 5.43 Å². The zero-order valence-electron chi connectivity index (χ0n) is 7.11. The van der Waals surface area contributed by atoms with E-state index in [1.807, 2.05) is 0 Å². The Hall–Kier alpha value is -1.18. The average molecular weight is 202 g/mol. The van der Waals surface area contributed by atoms with E-state index in [1.54, 1.807) is 0 Å². The molecule has 0 unspecified atom stereocenters. The van der Waals surface area contributed by atoms with Crippen molar-refractivity contribution >= 4 is 18.3 Å². The first kappa shape index (κ1) is 10.9. The third kappa shape index (κ3) is 2.01. The fourth-order valence-electron chi connectivity index (χ4n) is 1.19. The van der Waals surface area contributed by atoms with Gasteiger partial charge in [-0.2, -0.15) is 0 Å². The normalized spacial score (nSPS) is 10.4. The number of nitrogen functional groups attached to an aromatic ring is 1. The summed E-state index contributed by atoms with van der Waals surface area (Å²) >= 11 is 0. The highest BCUT2D eigenvalue weighted by molar-refractivity contribution is 6.61. The molecule has 0 bridgehead atoms. The number of halogens is 2. The summed E-state index contributed by atoms with van der Waals surface area (Å²) in [6.07, 6.45) is -2.78. The molecule has 0 amide bonds. The summed E-state index contributed by atoms with van der Waals surface area (Å²) in [5.74, 6) is 5.04. The Morgan fingerprint density at radius 3 is 2.43 bits per heavy atom. The molecule has 0 saturated heterocycles. The van der Waals surface area contributed by atoms with Gasteiger partial charge in [0, 0.05) is 16.7 Å². The third-order valence-electron chi connectivity index (χ3n) is 1.79. The molecule has 5 N–H and O–H groups in total. The van der Waals surface area contributed by atoms with Crippen LogP contribution in [-0.2, 0) is 0 Å². The fraction of sp³-hybridized carbons (Fsp3) is 0.143. The number of rotatable bonds is 3. The van der Waals surface area contributed by atoms with Gasteiger partial charge >= 0.3 is 7.12 Å². The van der Waals surface area contributed by atoms with Crippen molar-refractivity contribution in [1.29, 1.82) is 0 Å². The molecule has 76 valence electrons. The number of nitrogens with one attached hydrogen (secondary N) is 1. The van der Waals surface area contributed by atoms with E-state index < -0.39 is 19.1 Å². The Morgan fingerprint density at radius 1 is 1.36 bits per heavy atom. The van der Waals surface area contributed by atoms with Crippen molar-refractivity contribution in [3.05, 3.63) is 23.8 Å². The van der Waals surface area contributed by atoms with Gasteiger partial charge < -0.3 is 15.5 Å². The van der Waals surface area contributed by atoms with Gasteiger partial charge in [0.05, 0.1) is 0 Å². The van der Waals surface area contributed by atoms with Gasteiger partial charge in [-0.3, -0.25) is 5.84 Å². The number of nitrogens with two attached hydrogens (primary N) is 1. The monoisotopic (exact) mass is 202 g/mol. The molecule has 1 aromatic rings. The molecule has 0 aliphatic rings. The van der Waals surface area contributed by atoms with Gasteiger partial charge in [0.15, 0.2) is 0 Å². The van der Waals surface area contributed by atoms with E-state index in [2.05, 4.69) is 5.43 Å². The molecule has 1 rings (SSSR count). The summed E-state index contributed by atoms with van der Waals surface area (Å²) < 4.78 is 24.8. The SMILES string of the molecule is NNc1cccc(C(F)F)c1B(O)O. The Balaban J connectivity index is 3.28. The Morgan fingerprint density at radius 2 is 2.00 bits per heavy atom. The number of hydrogen-bond acceptors (Lipinski definition) is 4. The minimum absolute atomic E-state index is 0.0674. The van der Waals surface area contributed by atoms with Gasteiger partial charge in [-0.25, -0.2) is 8.78 Å². The van der Waals surface area contributed by atoms with Crippen LogP contribution in [0.3, 0.4) is 0 Å². The summed E-state index contributed by atoms with van der Waals surface area (Å²) in [5, 5.41) is 17.8. The van der Waals surface area contributed by atoms with E-state index in [9.17, 15) is 8.78 Å². The van der Waals surface area contributed by atoms with Crippen LogP contribution in [0.2, 0.25) is 0 Å². The van der Waals surface area contributed by atoms with E-state index in [-0.39, 0.29) is 11.2 Å². The largest absolute Gasteiger partial charge is 0.491 e. The van der Waals surface area contributed by atoms with Gasteiger partial charge in [0.2, 0.25) is 0 Å². The van der Waals surface area contributed by atoms with Gasteiger partial charge in [-0.15, -0.1) is 0 Å². The second-order valence-electron chi connectivity index (χ2n) is 2.63. The summed E-state index contributed by atoms with van der Waals surface area (Å²) in [6, 6.07) is 3.84. The lowest BCUT2D eigenvalue weighted by Gasteiger charge is -2.12. The molecule has 0 aromatic heterocycles. The van der Waals surface area contributed by atoms with E-state index in [4.69, 9.17) is 15.9 Å². The molecule has 0 fully saturated rings. The summed E-state index contributed by atoms with van der Waals surface area (Å²) in [5.41, 5.74) is 1.44. The second kappa shape index (κ2) is 4.36. The summed E-state index contributed by atoms with van der Waals surface area (Å²) in [6.45, 7) is 0. The first-order chi connectivity index (χ1) is 6.57. The molecule has 0 radical (unpaired) electrons. The van der Waals surface area contributed by atoms with E-state index >= 15 is 0 Å². The van der Waals surface area contributed by atoms with Crippen LogP contribution < -0.4 is 16.7 Å². The predicted molar refractivity (Wildman–Crippen MR) is 49.0 cm³/mol. The van der Waals surface area contributed by atoms with Crippen LogP contribution in [0, 0.1) is 0 Å². The van der Waals surface area contributed by atoms with Crippen LogP contribution in [0.1, 0.15) is 12.0 Å². The van der Waals surface area contributed by atoms with E-state index in [0.29, 0.717) is 0 Å². The van der Waals surface area contributed by atoms with Crippen molar-refractivity contribution in [3.63, 3.8) is 0 Å². The molecular weight excluding hydrogens is 193 g/mol. The van der Waals surface area contributed by atoms with Crippen LogP contribution in [0.25, 0.3) is 0 Å². The molecule has 4 nitrogen and oxygen atoms in total. The highest BCUT2D eigenvalue weighted by Gasteiger charge is 2.24. The van der Waals surface area contributed by atoms with E-state index in [0.717, 1.165) is 6.07 Å². The highest BCUT2D eigenvalue weighted by Crippen LogP contribution is 2.19. The maximum absolute atomic E-state index is 12.4. The summed E-state index contributed by atoms with van der Waals surface area (Å²) in [4.78, 5) is 0. The Kier molecular flexibility index (Phi) is 3.40. The zero-order chi connectivity index (χ0) is 10.7. The first-order valence-corrected chi connectivity index (χ1v) is 3.81. The topological polar surface area (TPSA) is 78.5 Å². The van der Waals surface area contributed by atoms with Gasteiger partial charge in [-0.05, 0) is 6.07 Å². The highest BCUT2D eigenvalue weighted by atomic mass is 19.3. The van der Waals surface area contributed by atoms with Crippen LogP contribution in [0.4, 0.5) is 14.5 Å². The minimum atomic E-state index is -2.78. The van der Waals surface area contributed by atoms with Crippen molar-refractivity contribution in [2.24, 2.45) is 5.84 Å². The molecule has 1 aromatic carbocycles. The smallest absolute Gasteiger partial charge is 0.423 e. The summed E-state index contributed by atoms with van der Waals surface area (Å²) in [7, 11) is -1.98. The zero-order valence-corrected chi connectivity index (χ0v) is 7.11. The number of hydrazine groups is 1. The van der Waals surface area contributed by atoms with E-state index in [1.165, 1.54) is 12.1 Å². The quantitative estimate of drug-likeness (QED) is 0.305. The molecule has 0 aliphatic carbocycles. The van der Waals surface area contributed by atoms with Gasteiger partial charge in [0.25, 0.3) is 6.43 Å². The molecule has 0 saturated carbocycles. The molecule has 0 heterocycles. The molecule has 0 aliphatic heterocycles. The van der Waals surface area contributed by atoms with Crippen LogP contribution >= 0.6 is 0 Å². The number of anilines is 1. The van der Waals surface area contributed by atoms with Crippen molar-refractivity contribution < 1.29 is 18.8 Å². The molecule has 7 heteroatoms. The predicted octanol–water partition coefficient (Wildman–Crippen LogP) is -0.410. The second-order valence-corrected chi connectivity index (χ2v) is 2.63. The lowest BCUT2D eigenvalue weighted by atomic mass is 9.75. The maximum atomic E-state index is 12.4. The Bertz CT molecular complexity index is 323. The molecule has 14 heavy (non-hydrogen) atoms. The number of hydrogen-bond donors (Lipinski definition) is 4. The van der Waals surface area contributed by atoms with Crippen LogP contribution in [0.15, 0.2) is 18.2 Å². The number of alkyl halides is 2. The van der Waals surface area contributed by atoms with Crippen LogP contribution in [-0.4, -0.2) is 17.2 Å². The number of benzene rings is 1. The standard InChI is InChI=1S/C7H9BF2N2O2/c9-7(10)4-2-1-3-5(12-11)6(4)8(13)14/h1-3,7,12-14H,11H2. The first-order valence-electron chi connectivity index (χ1n) is 3.81. The molecule has 0 atom stereocenters. The van der Waals surface area contributed by atoms with Gasteiger partial charge in [-0.1, -0.05) is 12.1 Å².